The van der Waals surface area contributed by atoms with Gasteiger partial charge in [0.15, 0.2) is 23.0 Å². The highest BCUT2D eigenvalue weighted by atomic mass is 16.6. The Morgan fingerprint density at radius 2 is 1.72 bits per heavy atom. The average Bonchev–Trinajstić information content (AvgIpc) is 3.18. The molecule has 3 aromatic rings. The molecule has 1 aliphatic rings. The lowest BCUT2D eigenvalue weighted by Gasteiger charge is -2.19. The molecule has 2 heterocycles. The van der Waals surface area contributed by atoms with Gasteiger partial charge in [0.25, 0.3) is 5.91 Å². The Hall–Kier alpha value is -3.61. The molecule has 0 saturated carbocycles. The van der Waals surface area contributed by atoms with Crippen LogP contribution in [0.5, 0.6) is 23.0 Å². The number of hydrogen-bond donors (Lipinski definition) is 1. The molecule has 192 valence electrons. The zero-order valence-electron chi connectivity index (χ0n) is 21.7. The van der Waals surface area contributed by atoms with Crippen molar-refractivity contribution < 1.29 is 23.7 Å². The summed E-state index contributed by atoms with van der Waals surface area (Å²) in [5.74, 6) is 2.42. The molecule has 0 atom stereocenters. The van der Waals surface area contributed by atoms with Gasteiger partial charge in [-0.05, 0) is 61.6 Å². The average molecular weight is 493 g/mol. The lowest BCUT2D eigenvalue weighted by Crippen LogP contribution is -2.15. The zero-order chi connectivity index (χ0) is 25.7. The molecule has 0 saturated heterocycles. The first-order valence-corrected chi connectivity index (χ1v) is 12.6. The molecule has 2 aromatic carbocycles. The standard InChI is InChI=1S/C29H36N2O5/c1-5-6-7-8-22-28(21-10-12-24-26(18-21)36-16-15-35-24)27(29(30)32)19(2)31(22)14-13-20-9-11-23(33-3)25(17-20)34-4/h9-12,17-18H,5-8,13-16H2,1-4H3,(H2,30,32). The number of nitrogens with zero attached hydrogens (tertiary/aromatic N) is 1. The van der Waals surface area contributed by atoms with E-state index < -0.39 is 5.91 Å². The molecule has 7 nitrogen and oxygen atoms in total. The van der Waals surface area contributed by atoms with E-state index in [0.717, 1.165) is 65.9 Å². The van der Waals surface area contributed by atoms with Gasteiger partial charge >= 0.3 is 0 Å². The third kappa shape index (κ3) is 5.15. The van der Waals surface area contributed by atoms with Crippen LogP contribution in [0.15, 0.2) is 36.4 Å². The van der Waals surface area contributed by atoms with E-state index >= 15 is 0 Å². The number of nitrogens with two attached hydrogens (primary N) is 1. The van der Waals surface area contributed by atoms with Crippen LogP contribution in [-0.2, 0) is 19.4 Å². The Kier molecular flexibility index (Phi) is 8.08. The fraction of sp³-hybridized carbons (Fsp3) is 0.414. The van der Waals surface area contributed by atoms with E-state index in [1.54, 1.807) is 14.2 Å². The summed E-state index contributed by atoms with van der Waals surface area (Å²) in [4.78, 5) is 12.8. The summed E-state index contributed by atoms with van der Waals surface area (Å²) in [6.07, 6.45) is 4.90. The van der Waals surface area contributed by atoms with Crippen LogP contribution in [0.4, 0.5) is 0 Å². The number of primary amides is 1. The number of fused-ring (bicyclic) bond motifs is 1. The highest BCUT2D eigenvalue weighted by Gasteiger charge is 2.26. The molecule has 0 fully saturated rings. The first kappa shape index (κ1) is 25.5. The second kappa shape index (κ2) is 11.4. The smallest absolute Gasteiger partial charge is 0.251 e. The Morgan fingerprint density at radius 3 is 2.42 bits per heavy atom. The van der Waals surface area contributed by atoms with Gasteiger partial charge in [0.2, 0.25) is 0 Å². The minimum Gasteiger partial charge on any atom is -0.493 e. The molecule has 1 aliphatic heterocycles. The molecule has 4 rings (SSSR count). The Balaban J connectivity index is 1.76. The molecular formula is C29H36N2O5. The van der Waals surface area contributed by atoms with Crippen molar-refractivity contribution in [1.29, 1.82) is 0 Å². The molecule has 7 heteroatoms. The maximum Gasteiger partial charge on any atom is 0.251 e. The Morgan fingerprint density at radius 1 is 0.972 bits per heavy atom. The number of aryl methyl sites for hydroxylation is 1. The molecule has 0 aliphatic carbocycles. The Labute approximate surface area is 213 Å². The summed E-state index contributed by atoms with van der Waals surface area (Å²) in [7, 11) is 3.27. The molecule has 1 aromatic heterocycles. The van der Waals surface area contributed by atoms with Gasteiger partial charge in [0, 0.05) is 23.5 Å². The fourth-order valence-corrected chi connectivity index (χ4v) is 4.99. The molecule has 0 unspecified atom stereocenters. The largest absolute Gasteiger partial charge is 0.493 e. The SMILES string of the molecule is CCCCCc1c(-c2ccc3c(c2)OCCO3)c(C(N)=O)c(C)n1CCc1ccc(OC)c(OC)c1. The number of benzene rings is 2. The summed E-state index contributed by atoms with van der Waals surface area (Å²) < 4.78 is 24.7. The van der Waals surface area contributed by atoms with Gasteiger partial charge in [0.05, 0.1) is 19.8 Å². The second-order valence-corrected chi connectivity index (χ2v) is 9.05. The molecule has 0 radical (unpaired) electrons. The number of methoxy groups -OCH3 is 2. The number of carbonyl (C=O) groups excluding carboxylic acids is 1. The van der Waals surface area contributed by atoms with E-state index in [4.69, 9.17) is 24.7 Å². The van der Waals surface area contributed by atoms with Crippen LogP contribution in [-0.4, -0.2) is 37.9 Å². The number of amides is 1. The summed E-state index contributed by atoms with van der Waals surface area (Å²) in [6, 6.07) is 11.9. The zero-order valence-corrected chi connectivity index (χ0v) is 21.7. The highest BCUT2D eigenvalue weighted by molar-refractivity contribution is 6.02. The third-order valence-corrected chi connectivity index (χ3v) is 6.80. The van der Waals surface area contributed by atoms with Crippen LogP contribution in [0.1, 0.15) is 53.5 Å². The van der Waals surface area contributed by atoms with E-state index in [1.165, 1.54) is 0 Å². The van der Waals surface area contributed by atoms with Gasteiger partial charge in [0.1, 0.15) is 13.2 Å². The molecule has 0 bridgehead atoms. The first-order chi connectivity index (χ1) is 17.5. The first-order valence-electron chi connectivity index (χ1n) is 12.6. The van der Waals surface area contributed by atoms with Crippen LogP contribution in [0.3, 0.4) is 0 Å². The van der Waals surface area contributed by atoms with Gasteiger partial charge in [-0.25, -0.2) is 0 Å². The number of unbranched alkanes of at least 4 members (excludes halogenated alkanes) is 2. The number of carbonyl (C=O) groups is 1. The van der Waals surface area contributed by atoms with Crippen LogP contribution in [0.25, 0.3) is 11.1 Å². The number of ether oxygens (including phenoxy) is 4. The van der Waals surface area contributed by atoms with Crippen molar-refractivity contribution in [2.45, 2.75) is 52.5 Å². The topological polar surface area (TPSA) is 84.9 Å². The maximum absolute atomic E-state index is 12.8. The molecule has 0 spiro atoms. The summed E-state index contributed by atoms with van der Waals surface area (Å²) in [6.45, 7) is 5.94. The molecule has 36 heavy (non-hydrogen) atoms. The van der Waals surface area contributed by atoms with Crippen molar-refractivity contribution in [2.75, 3.05) is 27.4 Å². The Bertz CT molecular complexity index is 1230. The van der Waals surface area contributed by atoms with E-state index in [-0.39, 0.29) is 0 Å². The van der Waals surface area contributed by atoms with Gasteiger partial charge in [-0.3, -0.25) is 4.79 Å². The maximum atomic E-state index is 12.8. The highest BCUT2D eigenvalue weighted by Crippen LogP contribution is 2.39. The quantitative estimate of drug-likeness (QED) is 0.366. The normalized spacial score (nSPS) is 12.4. The van der Waals surface area contributed by atoms with Crippen molar-refractivity contribution in [3.63, 3.8) is 0 Å². The summed E-state index contributed by atoms with van der Waals surface area (Å²) >= 11 is 0. The second-order valence-electron chi connectivity index (χ2n) is 9.05. The van der Waals surface area contributed by atoms with E-state index in [0.29, 0.717) is 42.6 Å². The van der Waals surface area contributed by atoms with Gasteiger partial charge < -0.3 is 29.2 Å². The van der Waals surface area contributed by atoms with Gasteiger partial charge in [-0.15, -0.1) is 0 Å². The van der Waals surface area contributed by atoms with E-state index in [2.05, 4.69) is 11.5 Å². The van der Waals surface area contributed by atoms with Crippen LogP contribution < -0.4 is 24.7 Å². The predicted octanol–water partition coefficient (Wildman–Crippen LogP) is 5.33. The number of rotatable bonds is 11. The van der Waals surface area contributed by atoms with E-state index in [9.17, 15) is 4.79 Å². The third-order valence-electron chi connectivity index (χ3n) is 6.80. The fourth-order valence-electron chi connectivity index (χ4n) is 4.99. The predicted molar refractivity (Wildman–Crippen MR) is 141 cm³/mol. The number of aromatic nitrogens is 1. The van der Waals surface area contributed by atoms with E-state index in [1.807, 2.05) is 43.3 Å². The summed E-state index contributed by atoms with van der Waals surface area (Å²) in [5, 5.41) is 0. The van der Waals surface area contributed by atoms with Gasteiger partial charge in [-0.2, -0.15) is 0 Å². The minimum atomic E-state index is -0.418. The van der Waals surface area contributed by atoms with Crippen LogP contribution in [0.2, 0.25) is 0 Å². The van der Waals surface area contributed by atoms with Crippen LogP contribution in [0, 0.1) is 6.92 Å². The lowest BCUT2D eigenvalue weighted by molar-refractivity contribution is 0.1000. The minimum absolute atomic E-state index is 0.418. The van der Waals surface area contributed by atoms with Crippen molar-refractivity contribution in [1.82, 2.24) is 4.57 Å². The lowest BCUT2D eigenvalue weighted by atomic mass is 9.97. The number of hydrogen-bond acceptors (Lipinski definition) is 5. The van der Waals surface area contributed by atoms with Crippen molar-refractivity contribution in [3.8, 4) is 34.1 Å². The van der Waals surface area contributed by atoms with Crippen molar-refractivity contribution >= 4 is 5.91 Å². The van der Waals surface area contributed by atoms with Gasteiger partial charge in [-0.1, -0.05) is 31.9 Å². The molecule has 1 amide bonds. The van der Waals surface area contributed by atoms with Crippen LogP contribution >= 0.6 is 0 Å². The van der Waals surface area contributed by atoms with Crippen molar-refractivity contribution in [2.24, 2.45) is 5.73 Å². The molecular weight excluding hydrogens is 456 g/mol. The monoisotopic (exact) mass is 492 g/mol. The van der Waals surface area contributed by atoms with Crippen molar-refractivity contribution in [3.05, 3.63) is 58.9 Å². The molecule has 2 N–H and O–H groups in total. The summed E-state index contributed by atoms with van der Waals surface area (Å²) in [5.41, 5.74) is 11.5.